The number of methoxy groups -OCH3 is 2. The number of alkyl halides is 1. The second-order valence-corrected chi connectivity index (χ2v) is 5.52. The maximum absolute atomic E-state index is 13.5. The summed E-state index contributed by atoms with van der Waals surface area (Å²) < 4.78 is 23.8. The third-order valence-electron chi connectivity index (χ3n) is 3.94. The quantitative estimate of drug-likeness (QED) is 0.848. The number of nitrogens with two attached hydrogens (primary N) is 1. The van der Waals surface area contributed by atoms with E-state index in [4.69, 9.17) is 15.2 Å². The van der Waals surface area contributed by atoms with E-state index in [1.807, 2.05) is 12.1 Å². The van der Waals surface area contributed by atoms with Crippen molar-refractivity contribution in [3.63, 3.8) is 0 Å². The molecule has 1 heterocycles. The number of amides is 2. The minimum atomic E-state index is -1.20. The Labute approximate surface area is 134 Å². The van der Waals surface area contributed by atoms with Crippen LogP contribution in [0.1, 0.15) is 18.4 Å². The largest absolute Gasteiger partial charge is 0.497 e. The highest BCUT2D eigenvalue weighted by Gasteiger charge is 2.38. The lowest BCUT2D eigenvalue weighted by Gasteiger charge is -2.21. The van der Waals surface area contributed by atoms with Crippen molar-refractivity contribution in [2.75, 3.05) is 20.8 Å². The number of carbonyl (C=O) groups is 2. The van der Waals surface area contributed by atoms with Crippen molar-refractivity contribution >= 4 is 11.8 Å². The zero-order chi connectivity index (χ0) is 17.0. The van der Waals surface area contributed by atoms with Gasteiger partial charge in [-0.25, -0.2) is 4.39 Å². The molecule has 0 spiro atoms. The van der Waals surface area contributed by atoms with Crippen molar-refractivity contribution in [1.82, 2.24) is 4.90 Å². The molecule has 2 rings (SSSR count). The second kappa shape index (κ2) is 7.30. The van der Waals surface area contributed by atoms with Crippen LogP contribution in [0.15, 0.2) is 18.2 Å². The maximum atomic E-state index is 13.5. The van der Waals surface area contributed by atoms with E-state index >= 15 is 0 Å². The molecule has 2 atom stereocenters. The number of hydrogen-bond donors (Lipinski definition) is 1. The van der Waals surface area contributed by atoms with Crippen molar-refractivity contribution in [1.29, 1.82) is 0 Å². The maximum Gasteiger partial charge on any atom is 0.240 e. The van der Waals surface area contributed by atoms with Gasteiger partial charge < -0.3 is 20.1 Å². The minimum Gasteiger partial charge on any atom is -0.497 e. The first kappa shape index (κ1) is 17.1. The van der Waals surface area contributed by atoms with Crippen LogP contribution in [0, 0.1) is 0 Å². The average Bonchev–Trinajstić information content (AvgIpc) is 2.94. The Morgan fingerprint density at radius 3 is 2.39 bits per heavy atom. The summed E-state index contributed by atoms with van der Waals surface area (Å²) in [6.07, 6.45) is -0.625. The first-order valence-corrected chi connectivity index (χ1v) is 7.39. The van der Waals surface area contributed by atoms with Crippen molar-refractivity contribution in [3.05, 3.63) is 23.8 Å². The standard InChI is InChI=1S/C16H21FN2O4/c1-22-12-5-10(6-13(8-12)23-2)3-4-15(20)19-9-11(17)7-14(19)16(18)21/h5-6,8,11,14H,3-4,7,9H2,1-2H3,(H2,18,21)/t11-,14+/m1/s1. The monoisotopic (exact) mass is 324 g/mol. The predicted molar refractivity (Wildman–Crippen MR) is 82.1 cm³/mol. The van der Waals surface area contributed by atoms with Crippen LogP contribution < -0.4 is 15.2 Å². The molecule has 1 fully saturated rings. The summed E-state index contributed by atoms with van der Waals surface area (Å²) in [5, 5.41) is 0. The second-order valence-electron chi connectivity index (χ2n) is 5.52. The zero-order valence-electron chi connectivity index (χ0n) is 13.3. The first-order chi connectivity index (χ1) is 10.9. The molecule has 126 valence electrons. The molecule has 1 aliphatic rings. The lowest BCUT2D eigenvalue weighted by Crippen LogP contribution is -2.43. The van der Waals surface area contributed by atoms with Crippen LogP contribution >= 0.6 is 0 Å². The number of benzene rings is 1. The number of ether oxygens (including phenoxy) is 2. The predicted octanol–water partition coefficient (Wildman–Crippen LogP) is 1.06. The van der Waals surface area contributed by atoms with E-state index < -0.39 is 18.1 Å². The topological polar surface area (TPSA) is 81.9 Å². The van der Waals surface area contributed by atoms with Gasteiger partial charge in [0, 0.05) is 18.9 Å². The van der Waals surface area contributed by atoms with Crippen LogP contribution in [0.4, 0.5) is 4.39 Å². The molecular formula is C16H21FN2O4. The van der Waals surface area contributed by atoms with E-state index in [1.165, 1.54) is 4.90 Å². The molecular weight excluding hydrogens is 303 g/mol. The lowest BCUT2D eigenvalue weighted by atomic mass is 10.1. The van der Waals surface area contributed by atoms with Gasteiger partial charge in [0.15, 0.2) is 0 Å². The fourth-order valence-corrected chi connectivity index (χ4v) is 2.74. The highest BCUT2D eigenvalue weighted by atomic mass is 19.1. The summed E-state index contributed by atoms with van der Waals surface area (Å²) in [5.74, 6) is 0.316. The Hall–Kier alpha value is -2.31. The number of hydrogen-bond acceptors (Lipinski definition) is 4. The van der Waals surface area contributed by atoms with Gasteiger partial charge in [-0.2, -0.15) is 0 Å². The van der Waals surface area contributed by atoms with Gasteiger partial charge in [0.2, 0.25) is 11.8 Å². The van der Waals surface area contributed by atoms with E-state index in [0.717, 1.165) is 5.56 Å². The van der Waals surface area contributed by atoms with Crippen molar-refractivity contribution in [2.24, 2.45) is 5.73 Å². The number of halogens is 1. The van der Waals surface area contributed by atoms with Crippen molar-refractivity contribution < 1.29 is 23.5 Å². The SMILES string of the molecule is COc1cc(CCC(=O)N2C[C@H](F)C[C@H]2C(N)=O)cc(OC)c1. The van der Waals surface area contributed by atoms with Crippen LogP contribution in [-0.4, -0.2) is 49.7 Å². The average molecular weight is 324 g/mol. The molecule has 23 heavy (non-hydrogen) atoms. The molecule has 0 radical (unpaired) electrons. The fourth-order valence-electron chi connectivity index (χ4n) is 2.74. The molecule has 7 heteroatoms. The molecule has 0 aliphatic carbocycles. The Kier molecular flexibility index (Phi) is 5.41. The minimum absolute atomic E-state index is 0.0198. The van der Waals surface area contributed by atoms with Gasteiger partial charge in [0.05, 0.1) is 20.8 Å². The highest BCUT2D eigenvalue weighted by molar-refractivity contribution is 5.87. The highest BCUT2D eigenvalue weighted by Crippen LogP contribution is 2.25. The van der Waals surface area contributed by atoms with Crippen molar-refractivity contribution in [2.45, 2.75) is 31.5 Å². The third-order valence-corrected chi connectivity index (χ3v) is 3.94. The zero-order valence-corrected chi connectivity index (χ0v) is 13.3. The summed E-state index contributed by atoms with van der Waals surface area (Å²) in [5.41, 5.74) is 6.10. The Balaban J connectivity index is 2.02. The number of nitrogens with zero attached hydrogens (tertiary/aromatic N) is 1. The molecule has 6 nitrogen and oxygen atoms in total. The van der Waals surface area contributed by atoms with E-state index in [-0.39, 0.29) is 25.3 Å². The third kappa shape index (κ3) is 4.12. The molecule has 1 saturated heterocycles. The van der Waals surface area contributed by atoms with Gasteiger partial charge in [-0.05, 0) is 24.1 Å². The Bertz CT molecular complexity index is 571. The van der Waals surface area contributed by atoms with Gasteiger partial charge >= 0.3 is 0 Å². The molecule has 0 unspecified atom stereocenters. The summed E-state index contributed by atoms with van der Waals surface area (Å²) in [4.78, 5) is 24.8. The van der Waals surface area contributed by atoms with E-state index in [9.17, 15) is 14.0 Å². The number of rotatable bonds is 6. The molecule has 2 N–H and O–H groups in total. The number of carbonyl (C=O) groups excluding carboxylic acids is 2. The number of aryl methyl sites for hydroxylation is 1. The number of primary amides is 1. The first-order valence-electron chi connectivity index (χ1n) is 7.39. The Morgan fingerprint density at radius 2 is 1.87 bits per heavy atom. The molecule has 2 amide bonds. The van der Waals surface area contributed by atoms with Crippen LogP contribution in [0.3, 0.4) is 0 Å². The molecule has 0 aromatic heterocycles. The van der Waals surface area contributed by atoms with E-state index in [1.54, 1.807) is 20.3 Å². The summed E-state index contributed by atoms with van der Waals surface area (Å²) >= 11 is 0. The molecule has 1 aromatic rings. The van der Waals surface area contributed by atoms with Crippen LogP contribution in [0.2, 0.25) is 0 Å². The van der Waals surface area contributed by atoms with Gasteiger partial charge in [0.25, 0.3) is 0 Å². The lowest BCUT2D eigenvalue weighted by molar-refractivity contribution is -0.137. The van der Waals surface area contributed by atoms with Crippen LogP contribution in [0.25, 0.3) is 0 Å². The molecule has 1 aliphatic heterocycles. The summed E-state index contributed by atoms with van der Waals surface area (Å²) in [6.45, 7) is -0.0755. The van der Waals surface area contributed by atoms with Gasteiger partial charge in [-0.15, -0.1) is 0 Å². The summed E-state index contributed by atoms with van der Waals surface area (Å²) in [6, 6.07) is 4.51. The Morgan fingerprint density at radius 1 is 1.26 bits per heavy atom. The van der Waals surface area contributed by atoms with Gasteiger partial charge in [0.1, 0.15) is 23.7 Å². The fraction of sp³-hybridized carbons (Fsp3) is 0.500. The number of likely N-dealkylation sites (tertiary alicyclic amines) is 1. The van der Waals surface area contributed by atoms with E-state index in [2.05, 4.69) is 0 Å². The van der Waals surface area contributed by atoms with Crippen LogP contribution in [-0.2, 0) is 16.0 Å². The summed E-state index contributed by atoms with van der Waals surface area (Å²) in [7, 11) is 3.10. The van der Waals surface area contributed by atoms with Gasteiger partial charge in [-0.1, -0.05) is 0 Å². The van der Waals surface area contributed by atoms with Gasteiger partial charge in [-0.3, -0.25) is 9.59 Å². The van der Waals surface area contributed by atoms with Crippen LogP contribution in [0.5, 0.6) is 11.5 Å². The van der Waals surface area contributed by atoms with Crippen molar-refractivity contribution in [3.8, 4) is 11.5 Å². The molecule has 0 saturated carbocycles. The van der Waals surface area contributed by atoms with E-state index in [0.29, 0.717) is 17.9 Å². The molecule has 0 bridgehead atoms. The normalized spacial score (nSPS) is 20.4. The molecule has 1 aromatic carbocycles. The smallest absolute Gasteiger partial charge is 0.240 e.